The molecule has 0 saturated carbocycles. The molecule has 0 bridgehead atoms. The first-order valence-electron chi connectivity index (χ1n) is 9.17. The Kier molecular flexibility index (Phi) is 4.96. The third-order valence-electron chi connectivity index (χ3n) is 4.63. The summed E-state index contributed by atoms with van der Waals surface area (Å²) in [4.78, 5) is 19.2. The molecule has 0 atom stereocenters. The van der Waals surface area contributed by atoms with Crippen molar-refractivity contribution in [3.8, 4) is 5.75 Å². The van der Waals surface area contributed by atoms with Crippen molar-refractivity contribution in [3.63, 3.8) is 0 Å². The zero-order valence-electron chi connectivity index (χ0n) is 16.1. The summed E-state index contributed by atoms with van der Waals surface area (Å²) in [6.45, 7) is 1.94. The normalized spacial score (nSPS) is 15.0. The Morgan fingerprint density at radius 1 is 1.00 bits per heavy atom. The van der Waals surface area contributed by atoms with E-state index in [0.29, 0.717) is 11.4 Å². The van der Waals surface area contributed by atoms with Gasteiger partial charge >= 0.3 is 0 Å². The SMILES string of the molecule is COc1cccc(/C=C2/N=C(c3ccccc3F)N(c3cccc(C)c3)C2=O)c1. The Hall–Kier alpha value is -3.73. The molecule has 144 valence electrons. The summed E-state index contributed by atoms with van der Waals surface area (Å²) in [5.41, 5.74) is 2.92. The molecule has 1 aliphatic heterocycles. The molecule has 3 aromatic rings. The van der Waals surface area contributed by atoms with E-state index in [2.05, 4.69) is 4.99 Å². The fraction of sp³-hybridized carbons (Fsp3) is 0.0833. The Balaban J connectivity index is 1.85. The summed E-state index contributed by atoms with van der Waals surface area (Å²) in [6.07, 6.45) is 1.68. The van der Waals surface area contributed by atoms with Crippen LogP contribution in [0.4, 0.5) is 10.1 Å². The van der Waals surface area contributed by atoms with E-state index < -0.39 is 5.82 Å². The molecule has 0 saturated heterocycles. The Bertz CT molecular complexity index is 1150. The summed E-state index contributed by atoms with van der Waals surface area (Å²) in [6, 6.07) is 21.2. The number of aryl methyl sites for hydroxylation is 1. The van der Waals surface area contributed by atoms with Gasteiger partial charge in [-0.2, -0.15) is 0 Å². The quantitative estimate of drug-likeness (QED) is 0.594. The maximum atomic E-state index is 14.5. The van der Waals surface area contributed by atoms with Crippen molar-refractivity contribution in [2.45, 2.75) is 6.92 Å². The van der Waals surface area contributed by atoms with Crippen LogP contribution in [-0.2, 0) is 4.79 Å². The van der Waals surface area contributed by atoms with Gasteiger partial charge in [-0.25, -0.2) is 9.38 Å². The molecule has 1 amide bonds. The first-order valence-corrected chi connectivity index (χ1v) is 9.17. The van der Waals surface area contributed by atoms with Crippen LogP contribution in [0.15, 0.2) is 83.5 Å². The molecule has 3 aromatic carbocycles. The molecular formula is C24H19FN2O2. The number of carbonyl (C=O) groups excluding carboxylic acids is 1. The van der Waals surface area contributed by atoms with Gasteiger partial charge in [-0.1, -0.05) is 36.4 Å². The minimum Gasteiger partial charge on any atom is -0.497 e. The van der Waals surface area contributed by atoms with E-state index in [0.717, 1.165) is 11.1 Å². The van der Waals surface area contributed by atoms with Crippen LogP contribution in [0.5, 0.6) is 5.75 Å². The summed E-state index contributed by atoms with van der Waals surface area (Å²) >= 11 is 0. The van der Waals surface area contributed by atoms with Crippen LogP contribution in [-0.4, -0.2) is 18.9 Å². The van der Waals surface area contributed by atoms with Crippen LogP contribution in [0.1, 0.15) is 16.7 Å². The third kappa shape index (κ3) is 3.67. The molecule has 5 heteroatoms. The second kappa shape index (κ2) is 7.72. The molecule has 0 unspecified atom stereocenters. The number of nitrogens with zero attached hydrogens (tertiary/aromatic N) is 2. The highest BCUT2D eigenvalue weighted by molar-refractivity contribution is 6.33. The number of aliphatic imine (C=N–C) groups is 1. The average molecular weight is 386 g/mol. The van der Waals surface area contributed by atoms with Crippen molar-refractivity contribution in [3.05, 3.63) is 101 Å². The number of carbonyl (C=O) groups is 1. The highest BCUT2D eigenvalue weighted by atomic mass is 19.1. The van der Waals surface area contributed by atoms with Crippen molar-refractivity contribution >= 4 is 23.5 Å². The number of rotatable bonds is 4. The molecule has 29 heavy (non-hydrogen) atoms. The molecular weight excluding hydrogens is 367 g/mol. The summed E-state index contributed by atoms with van der Waals surface area (Å²) in [5, 5.41) is 0. The molecule has 0 N–H and O–H groups in total. The second-order valence-corrected chi connectivity index (χ2v) is 6.70. The Morgan fingerprint density at radius 2 is 1.79 bits per heavy atom. The lowest BCUT2D eigenvalue weighted by atomic mass is 10.1. The maximum Gasteiger partial charge on any atom is 0.282 e. The summed E-state index contributed by atoms with van der Waals surface area (Å²) < 4.78 is 19.8. The zero-order chi connectivity index (χ0) is 20.4. The third-order valence-corrected chi connectivity index (χ3v) is 4.63. The Morgan fingerprint density at radius 3 is 2.55 bits per heavy atom. The number of hydrogen-bond acceptors (Lipinski definition) is 3. The van der Waals surface area contributed by atoms with Gasteiger partial charge in [0.25, 0.3) is 5.91 Å². The monoisotopic (exact) mass is 386 g/mol. The zero-order valence-corrected chi connectivity index (χ0v) is 16.1. The van der Waals surface area contributed by atoms with Crippen LogP contribution in [0.3, 0.4) is 0 Å². The van der Waals surface area contributed by atoms with Crippen molar-refractivity contribution in [1.29, 1.82) is 0 Å². The van der Waals surface area contributed by atoms with Crippen molar-refractivity contribution in [1.82, 2.24) is 0 Å². The van der Waals surface area contributed by atoms with Crippen LogP contribution in [0, 0.1) is 12.7 Å². The van der Waals surface area contributed by atoms with Crippen LogP contribution in [0.25, 0.3) is 6.08 Å². The molecule has 0 fully saturated rings. The number of benzene rings is 3. The standard InChI is InChI=1S/C24H19FN2O2/c1-16-7-5-9-18(13-16)27-23(20-11-3-4-12-21(20)25)26-22(24(27)28)15-17-8-6-10-19(14-17)29-2/h3-15H,1-2H3/b22-15+. The number of anilines is 1. The number of amidine groups is 1. The van der Waals surface area contributed by atoms with E-state index in [-0.39, 0.29) is 23.0 Å². The van der Waals surface area contributed by atoms with E-state index in [9.17, 15) is 9.18 Å². The number of ether oxygens (including phenoxy) is 1. The second-order valence-electron chi connectivity index (χ2n) is 6.70. The van der Waals surface area contributed by atoms with Crippen LogP contribution >= 0.6 is 0 Å². The van der Waals surface area contributed by atoms with Gasteiger partial charge in [0.2, 0.25) is 0 Å². The number of halogens is 1. The fourth-order valence-corrected chi connectivity index (χ4v) is 3.24. The number of methoxy groups -OCH3 is 1. The molecule has 0 spiro atoms. The van der Waals surface area contributed by atoms with Crippen molar-refractivity contribution in [2.24, 2.45) is 4.99 Å². The lowest BCUT2D eigenvalue weighted by Crippen LogP contribution is -2.33. The largest absolute Gasteiger partial charge is 0.497 e. The smallest absolute Gasteiger partial charge is 0.282 e. The van der Waals surface area contributed by atoms with Gasteiger partial charge in [0.1, 0.15) is 17.3 Å². The maximum absolute atomic E-state index is 14.5. The topological polar surface area (TPSA) is 41.9 Å². The van der Waals surface area contributed by atoms with Gasteiger partial charge in [0.15, 0.2) is 5.84 Å². The van der Waals surface area contributed by atoms with Gasteiger partial charge in [0, 0.05) is 0 Å². The van der Waals surface area contributed by atoms with Gasteiger partial charge < -0.3 is 4.74 Å². The van der Waals surface area contributed by atoms with Crippen LogP contribution in [0.2, 0.25) is 0 Å². The molecule has 0 aromatic heterocycles. The number of hydrogen-bond donors (Lipinski definition) is 0. The molecule has 0 radical (unpaired) electrons. The summed E-state index contributed by atoms with van der Waals surface area (Å²) in [5.74, 6) is 0.211. The van der Waals surface area contributed by atoms with Crippen molar-refractivity contribution < 1.29 is 13.9 Å². The Labute approximate surface area is 168 Å². The van der Waals surface area contributed by atoms with E-state index in [1.54, 1.807) is 31.4 Å². The molecule has 0 aliphatic carbocycles. The molecule has 1 heterocycles. The first-order chi connectivity index (χ1) is 14.1. The predicted molar refractivity (Wildman–Crippen MR) is 113 cm³/mol. The van der Waals surface area contributed by atoms with E-state index in [4.69, 9.17) is 4.74 Å². The average Bonchev–Trinajstić information content (AvgIpc) is 3.04. The minimum atomic E-state index is -0.431. The van der Waals surface area contributed by atoms with E-state index in [1.807, 2.05) is 55.5 Å². The number of amides is 1. The lowest BCUT2D eigenvalue weighted by molar-refractivity contribution is -0.113. The van der Waals surface area contributed by atoms with Crippen molar-refractivity contribution in [2.75, 3.05) is 12.0 Å². The van der Waals surface area contributed by atoms with E-state index in [1.165, 1.54) is 11.0 Å². The minimum absolute atomic E-state index is 0.234. The van der Waals surface area contributed by atoms with Gasteiger partial charge in [-0.3, -0.25) is 9.69 Å². The molecule has 4 rings (SSSR count). The van der Waals surface area contributed by atoms with Crippen LogP contribution < -0.4 is 9.64 Å². The molecule has 1 aliphatic rings. The highest BCUT2D eigenvalue weighted by Gasteiger charge is 2.33. The van der Waals surface area contributed by atoms with E-state index >= 15 is 0 Å². The lowest BCUT2D eigenvalue weighted by Gasteiger charge is -2.19. The first kappa shape index (κ1) is 18.6. The molecule has 4 nitrogen and oxygen atoms in total. The predicted octanol–water partition coefficient (Wildman–Crippen LogP) is 4.98. The fourth-order valence-electron chi connectivity index (χ4n) is 3.24. The highest BCUT2D eigenvalue weighted by Crippen LogP contribution is 2.29. The van der Waals surface area contributed by atoms with Gasteiger partial charge in [-0.05, 0) is 60.5 Å². The summed E-state index contributed by atoms with van der Waals surface area (Å²) in [7, 11) is 1.58. The van der Waals surface area contributed by atoms with Gasteiger partial charge in [0.05, 0.1) is 18.4 Å². The van der Waals surface area contributed by atoms with Gasteiger partial charge in [-0.15, -0.1) is 0 Å².